The second-order valence-electron chi connectivity index (χ2n) is 6.34. The highest BCUT2D eigenvalue weighted by atomic mass is 79.9. The van der Waals surface area contributed by atoms with Crippen molar-refractivity contribution in [3.8, 4) is 22.9 Å². The van der Waals surface area contributed by atoms with Crippen LogP contribution in [0.3, 0.4) is 0 Å². The molecule has 0 saturated carbocycles. The van der Waals surface area contributed by atoms with E-state index in [1.165, 1.54) is 10.8 Å². The number of aliphatic imine (C=N–C) groups is 1. The molecule has 146 valence electrons. The van der Waals surface area contributed by atoms with Crippen LogP contribution in [0.25, 0.3) is 22.4 Å². The van der Waals surface area contributed by atoms with E-state index >= 15 is 0 Å². The molecule has 4 aromatic rings. The van der Waals surface area contributed by atoms with Crippen molar-refractivity contribution in [3.05, 3.63) is 67.5 Å². The summed E-state index contributed by atoms with van der Waals surface area (Å²) < 4.78 is 2.11. The van der Waals surface area contributed by atoms with Crippen molar-refractivity contribution in [2.75, 3.05) is 0 Å². The fourth-order valence-corrected chi connectivity index (χ4v) is 3.99. The highest BCUT2D eigenvalue weighted by Crippen LogP contribution is 2.40. The summed E-state index contributed by atoms with van der Waals surface area (Å²) in [7, 11) is 1.69. The van der Waals surface area contributed by atoms with E-state index in [1.54, 1.807) is 43.6 Å². The van der Waals surface area contributed by atoms with Crippen molar-refractivity contribution in [1.82, 2.24) is 14.5 Å². The van der Waals surface area contributed by atoms with E-state index in [4.69, 9.17) is 0 Å². The number of hydrogen-bond acceptors (Lipinski definition) is 5. The van der Waals surface area contributed by atoms with E-state index in [2.05, 4.69) is 46.8 Å². The van der Waals surface area contributed by atoms with Gasteiger partial charge in [-0.3, -0.25) is 9.79 Å². The molecule has 0 radical (unpaired) electrons. The summed E-state index contributed by atoms with van der Waals surface area (Å²) in [6.07, 6.45) is 3.18. The van der Waals surface area contributed by atoms with Crippen LogP contribution in [0.5, 0.6) is 11.5 Å². The molecule has 2 heterocycles. The minimum absolute atomic E-state index is 0.0859. The fraction of sp³-hybridized carbons (Fsp3) is 0.0500. The quantitative estimate of drug-likeness (QED) is 0.345. The molecule has 2 aromatic heterocycles. The molecule has 9 heteroatoms. The molecule has 0 aliphatic carbocycles. The van der Waals surface area contributed by atoms with Crippen LogP contribution in [0.4, 0.5) is 5.69 Å². The standard InChI is InChI=1S/C20H14Br2N4O3/c1-26-6-2-3-12(20(26)29)19-24-14-5-4-11(8-15(14)25-19)23-9-10-7-13(21)18(28)16(22)17(10)27/h2-9,27-28H,1H3,(H,24,25)/b23-9+. The number of benzene rings is 2. The van der Waals surface area contributed by atoms with Gasteiger partial charge in [-0.15, -0.1) is 0 Å². The number of H-pyrrole nitrogens is 1. The third kappa shape index (κ3) is 3.58. The average Bonchev–Trinajstić information content (AvgIpc) is 3.13. The van der Waals surface area contributed by atoms with Gasteiger partial charge in [0.05, 0.1) is 26.8 Å². The van der Waals surface area contributed by atoms with Crippen LogP contribution in [0.2, 0.25) is 0 Å². The molecule has 29 heavy (non-hydrogen) atoms. The number of aromatic hydroxyl groups is 2. The first-order valence-electron chi connectivity index (χ1n) is 8.45. The SMILES string of the molecule is Cn1cccc(-c2nc3cc(/N=C/c4cc(Br)c(O)c(Br)c4O)ccc3[nH]2)c1=O. The maximum Gasteiger partial charge on any atom is 0.261 e. The van der Waals surface area contributed by atoms with Crippen LogP contribution in [0.15, 0.2) is 61.3 Å². The normalized spacial score (nSPS) is 11.6. The molecule has 0 unspecified atom stereocenters. The molecule has 4 rings (SSSR count). The summed E-state index contributed by atoms with van der Waals surface area (Å²) in [5, 5.41) is 20.0. The lowest BCUT2D eigenvalue weighted by Crippen LogP contribution is -2.17. The number of rotatable bonds is 3. The number of aromatic amines is 1. The Morgan fingerprint density at radius 2 is 1.97 bits per heavy atom. The third-order valence-corrected chi connectivity index (χ3v) is 5.75. The second kappa shape index (κ2) is 7.49. The highest BCUT2D eigenvalue weighted by molar-refractivity contribution is 9.11. The third-order valence-electron chi connectivity index (χ3n) is 4.40. The number of nitrogens with one attached hydrogen (secondary N) is 1. The van der Waals surface area contributed by atoms with E-state index in [0.717, 1.165) is 5.52 Å². The summed E-state index contributed by atoms with van der Waals surface area (Å²) in [4.78, 5) is 24.4. The average molecular weight is 518 g/mol. The molecule has 0 aliphatic heterocycles. The van der Waals surface area contributed by atoms with Crippen LogP contribution in [0.1, 0.15) is 5.56 Å². The van der Waals surface area contributed by atoms with E-state index in [-0.39, 0.29) is 21.5 Å². The van der Waals surface area contributed by atoms with Crippen molar-refractivity contribution >= 4 is 54.8 Å². The molecule has 0 spiro atoms. The maximum atomic E-state index is 12.3. The number of aromatic nitrogens is 3. The number of fused-ring (bicyclic) bond motifs is 1. The smallest absolute Gasteiger partial charge is 0.261 e. The minimum atomic E-state index is -0.135. The zero-order valence-electron chi connectivity index (χ0n) is 15.0. The Bertz CT molecular complexity index is 1340. The number of phenolic OH excluding ortho intramolecular Hbond substituents is 2. The zero-order valence-corrected chi connectivity index (χ0v) is 18.2. The Labute approximate surface area is 181 Å². The van der Waals surface area contributed by atoms with Crippen molar-refractivity contribution in [2.24, 2.45) is 12.0 Å². The molecule has 0 amide bonds. The van der Waals surface area contributed by atoms with E-state index in [9.17, 15) is 15.0 Å². The predicted molar refractivity (Wildman–Crippen MR) is 119 cm³/mol. The number of pyridine rings is 1. The van der Waals surface area contributed by atoms with Crippen LogP contribution in [-0.4, -0.2) is 31.0 Å². The first-order valence-corrected chi connectivity index (χ1v) is 10.0. The van der Waals surface area contributed by atoms with Gasteiger partial charge in [-0.05, 0) is 68.3 Å². The Balaban J connectivity index is 1.71. The van der Waals surface area contributed by atoms with Crippen molar-refractivity contribution < 1.29 is 10.2 Å². The highest BCUT2D eigenvalue weighted by Gasteiger charge is 2.13. The minimum Gasteiger partial charge on any atom is -0.506 e. The van der Waals surface area contributed by atoms with E-state index in [1.807, 2.05) is 6.07 Å². The lowest BCUT2D eigenvalue weighted by molar-refractivity contribution is 0.442. The molecule has 3 N–H and O–H groups in total. The molecule has 0 fully saturated rings. The lowest BCUT2D eigenvalue weighted by atomic mass is 10.2. The number of hydrogen-bond donors (Lipinski definition) is 3. The van der Waals surface area contributed by atoms with Crippen molar-refractivity contribution in [2.45, 2.75) is 0 Å². The summed E-state index contributed by atoms with van der Waals surface area (Å²) >= 11 is 6.37. The van der Waals surface area contributed by atoms with Gasteiger partial charge >= 0.3 is 0 Å². The molecule has 0 bridgehead atoms. The predicted octanol–water partition coefficient (Wildman–Crippen LogP) is 4.62. The molecule has 2 aromatic carbocycles. The van der Waals surface area contributed by atoms with Crippen molar-refractivity contribution in [3.63, 3.8) is 0 Å². The van der Waals surface area contributed by atoms with Gasteiger partial charge in [-0.25, -0.2) is 4.98 Å². The molecular formula is C20H14Br2N4O3. The first-order chi connectivity index (χ1) is 13.8. The monoisotopic (exact) mass is 516 g/mol. The van der Waals surface area contributed by atoms with Gasteiger partial charge in [-0.1, -0.05) is 0 Å². The number of halogens is 2. The maximum absolute atomic E-state index is 12.3. The number of aryl methyl sites for hydroxylation is 1. The second-order valence-corrected chi connectivity index (χ2v) is 7.99. The van der Waals surface area contributed by atoms with E-state index < -0.39 is 0 Å². The molecule has 0 aliphatic rings. The molecule has 0 atom stereocenters. The molecule has 7 nitrogen and oxygen atoms in total. The number of imidazole rings is 1. The van der Waals surface area contributed by atoms with Crippen LogP contribution in [-0.2, 0) is 7.05 Å². The van der Waals surface area contributed by atoms with Gasteiger partial charge in [-0.2, -0.15) is 0 Å². The summed E-state index contributed by atoms with van der Waals surface area (Å²) in [5.74, 6) is 0.293. The fourth-order valence-electron chi connectivity index (χ4n) is 2.84. The Morgan fingerprint density at radius 3 is 2.76 bits per heavy atom. The van der Waals surface area contributed by atoms with Gasteiger partial charge < -0.3 is 19.8 Å². The zero-order chi connectivity index (χ0) is 20.7. The van der Waals surface area contributed by atoms with Gasteiger partial charge in [0.15, 0.2) is 0 Å². The van der Waals surface area contributed by atoms with Gasteiger partial charge in [0.25, 0.3) is 5.56 Å². The Hall–Kier alpha value is -2.91. The summed E-state index contributed by atoms with van der Waals surface area (Å²) in [6.45, 7) is 0. The van der Waals surface area contributed by atoms with E-state index in [0.29, 0.717) is 32.6 Å². The number of nitrogens with zero attached hydrogens (tertiary/aromatic N) is 3. The lowest BCUT2D eigenvalue weighted by Gasteiger charge is -2.06. The molecular weight excluding hydrogens is 504 g/mol. The Kier molecular flexibility index (Phi) is 5.01. The number of phenols is 2. The first kappa shape index (κ1) is 19.4. The largest absolute Gasteiger partial charge is 0.506 e. The Morgan fingerprint density at radius 1 is 1.17 bits per heavy atom. The summed E-state index contributed by atoms with van der Waals surface area (Å²) in [5.41, 5.74) is 2.85. The molecule has 0 saturated heterocycles. The van der Waals surface area contributed by atoms with Gasteiger partial charge in [0, 0.05) is 25.0 Å². The summed E-state index contributed by atoms with van der Waals surface area (Å²) in [6, 6.07) is 10.5. The van der Waals surface area contributed by atoms with Gasteiger partial charge in [0.1, 0.15) is 21.8 Å². The van der Waals surface area contributed by atoms with Crippen LogP contribution >= 0.6 is 31.9 Å². The van der Waals surface area contributed by atoms with Crippen LogP contribution < -0.4 is 5.56 Å². The van der Waals surface area contributed by atoms with Crippen LogP contribution in [0, 0.1) is 0 Å². The van der Waals surface area contributed by atoms with Gasteiger partial charge in [0.2, 0.25) is 0 Å². The topological polar surface area (TPSA) is 104 Å². The van der Waals surface area contributed by atoms with Crippen molar-refractivity contribution in [1.29, 1.82) is 0 Å².